The van der Waals surface area contributed by atoms with Gasteiger partial charge in [0.15, 0.2) is 0 Å². The molecule has 0 aromatic heterocycles. The molecule has 1 saturated heterocycles. The van der Waals surface area contributed by atoms with E-state index in [9.17, 15) is 9.59 Å². The molecule has 1 saturated carbocycles. The maximum absolute atomic E-state index is 12.9. The van der Waals surface area contributed by atoms with E-state index in [1.54, 1.807) is 11.8 Å². The highest BCUT2D eigenvalue weighted by Gasteiger charge is 2.54. The number of nitrogens with zero attached hydrogens (tertiary/aromatic N) is 1. The smallest absolute Gasteiger partial charge is 0.242 e. The first-order valence-electron chi connectivity index (χ1n) is 6.89. The lowest BCUT2D eigenvalue weighted by Gasteiger charge is -2.35. The maximum Gasteiger partial charge on any atom is 0.242 e. The van der Waals surface area contributed by atoms with E-state index in [0.29, 0.717) is 13.1 Å². The summed E-state index contributed by atoms with van der Waals surface area (Å²) in [7, 11) is 0. The van der Waals surface area contributed by atoms with Gasteiger partial charge in [0, 0.05) is 17.6 Å². The Morgan fingerprint density at radius 2 is 2.00 bits per heavy atom. The number of piperazine rings is 1. The lowest BCUT2D eigenvalue weighted by Crippen LogP contribution is -2.58. The van der Waals surface area contributed by atoms with Crippen LogP contribution in [0, 0.1) is 0 Å². The van der Waals surface area contributed by atoms with Gasteiger partial charge >= 0.3 is 0 Å². The van der Waals surface area contributed by atoms with Crippen molar-refractivity contribution in [2.24, 2.45) is 0 Å². The van der Waals surface area contributed by atoms with Gasteiger partial charge in [0.25, 0.3) is 0 Å². The standard InChI is InChI=1S/C15H17BrN2O2/c1-10-13(19)17-8-9-18(10)14(20)15(6-7-15)11-2-4-12(16)5-3-11/h2-5,10H,6-9H2,1H3,(H,17,19). The minimum atomic E-state index is -0.396. The molecule has 1 heterocycles. The van der Waals surface area contributed by atoms with Crippen LogP contribution >= 0.6 is 15.9 Å². The van der Waals surface area contributed by atoms with Crippen molar-refractivity contribution in [1.82, 2.24) is 10.2 Å². The Bertz CT molecular complexity index is 551. The van der Waals surface area contributed by atoms with Crippen LogP contribution in [0.5, 0.6) is 0 Å². The Morgan fingerprint density at radius 3 is 2.60 bits per heavy atom. The Labute approximate surface area is 126 Å². The van der Waals surface area contributed by atoms with Gasteiger partial charge in [-0.05, 0) is 37.5 Å². The van der Waals surface area contributed by atoms with Crippen molar-refractivity contribution in [3.8, 4) is 0 Å². The normalized spacial score (nSPS) is 24.2. The van der Waals surface area contributed by atoms with Gasteiger partial charge in [-0.25, -0.2) is 0 Å². The molecule has 0 radical (unpaired) electrons. The lowest BCUT2D eigenvalue weighted by molar-refractivity contribution is -0.144. The van der Waals surface area contributed by atoms with E-state index in [4.69, 9.17) is 0 Å². The average Bonchev–Trinajstić information content (AvgIpc) is 3.23. The number of halogens is 1. The zero-order chi connectivity index (χ0) is 14.3. The number of benzene rings is 1. The fourth-order valence-electron chi connectivity index (χ4n) is 2.85. The van der Waals surface area contributed by atoms with Gasteiger partial charge in [0.1, 0.15) is 6.04 Å². The van der Waals surface area contributed by atoms with Crippen LogP contribution in [0.4, 0.5) is 0 Å². The van der Waals surface area contributed by atoms with E-state index in [1.807, 2.05) is 24.3 Å². The number of carbonyl (C=O) groups is 2. The first-order valence-corrected chi connectivity index (χ1v) is 7.69. The molecule has 2 amide bonds. The molecule has 1 aromatic rings. The van der Waals surface area contributed by atoms with Gasteiger partial charge in [-0.3, -0.25) is 9.59 Å². The van der Waals surface area contributed by atoms with Gasteiger partial charge in [0.2, 0.25) is 11.8 Å². The van der Waals surface area contributed by atoms with E-state index in [-0.39, 0.29) is 17.9 Å². The summed E-state index contributed by atoms with van der Waals surface area (Å²) in [6, 6.07) is 7.57. The molecule has 106 valence electrons. The van der Waals surface area contributed by atoms with Crippen LogP contribution in [0.25, 0.3) is 0 Å². The lowest BCUT2D eigenvalue weighted by atomic mass is 9.93. The molecule has 1 aliphatic carbocycles. The number of hydrogen-bond acceptors (Lipinski definition) is 2. The molecule has 0 spiro atoms. The molecule has 2 fully saturated rings. The van der Waals surface area contributed by atoms with Crippen molar-refractivity contribution < 1.29 is 9.59 Å². The highest BCUT2D eigenvalue weighted by atomic mass is 79.9. The third kappa shape index (κ3) is 2.14. The predicted octanol–water partition coefficient (Wildman–Crippen LogP) is 1.83. The molecule has 1 atom stereocenters. The third-order valence-corrected chi connectivity index (χ3v) is 4.84. The Morgan fingerprint density at radius 1 is 1.35 bits per heavy atom. The summed E-state index contributed by atoms with van der Waals surface area (Å²) in [6.07, 6.45) is 1.75. The summed E-state index contributed by atoms with van der Waals surface area (Å²) in [4.78, 5) is 26.3. The first kappa shape index (κ1) is 13.6. The quantitative estimate of drug-likeness (QED) is 0.895. The van der Waals surface area contributed by atoms with Crippen LogP contribution in [0.15, 0.2) is 28.7 Å². The second-order valence-corrected chi connectivity index (χ2v) is 6.47. The van der Waals surface area contributed by atoms with E-state index < -0.39 is 5.41 Å². The molecule has 4 nitrogen and oxygen atoms in total. The van der Waals surface area contributed by atoms with Crippen molar-refractivity contribution in [3.05, 3.63) is 34.3 Å². The highest BCUT2D eigenvalue weighted by Crippen LogP contribution is 2.50. The average molecular weight is 337 g/mol. The fraction of sp³-hybridized carbons (Fsp3) is 0.467. The molecule has 5 heteroatoms. The van der Waals surface area contributed by atoms with E-state index >= 15 is 0 Å². The Hall–Kier alpha value is -1.36. The summed E-state index contributed by atoms with van der Waals surface area (Å²) in [5.74, 6) is 0.0402. The number of carbonyl (C=O) groups excluding carboxylic acids is 2. The van der Waals surface area contributed by atoms with Gasteiger partial charge in [-0.2, -0.15) is 0 Å². The molecule has 1 aliphatic heterocycles. The predicted molar refractivity (Wildman–Crippen MR) is 79.2 cm³/mol. The van der Waals surface area contributed by atoms with Crippen LogP contribution in [0.1, 0.15) is 25.3 Å². The largest absolute Gasteiger partial charge is 0.353 e. The summed E-state index contributed by atoms with van der Waals surface area (Å²) < 4.78 is 1.01. The summed E-state index contributed by atoms with van der Waals surface area (Å²) in [6.45, 7) is 2.94. The summed E-state index contributed by atoms with van der Waals surface area (Å²) >= 11 is 3.42. The summed E-state index contributed by atoms with van der Waals surface area (Å²) in [5.41, 5.74) is 0.663. The first-order chi connectivity index (χ1) is 9.54. The van der Waals surface area contributed by atoms with Crippen LogP contribution in [-0.2, 0) is 15.0 Å². The topological polar surface area (TPSA) is 49.4 Å². The van der Waals surface area contributed by atoms with Gasteiger partial charge in [0.05, 0.1) is 5.41 Å². The second-order valence-electron chi connectivity index (χ2n) is 5.55. The molecule has 0 bridgehead atoms. The van der Waals surface area contributed by atoms with Crippen LogP contribution < -0.4 is 5.32 Å². The molecule has 1 N–H and O–H groups in total. The number of nitrogens with one attached hydrogen (secondary N) is 1. The van der Waals surface area contributed by atoms with E-state index in [0.717, 1.165) is 22.9 Å². The van der Waals surface area contributed by atoms with Gasteiger partial charge in [-0.1, -0.05) is 28.1 Å². The van der Waals surface area contributed by atoms with Crippen molar-refractivity contribution in [2.45, 2.75) is 31.2 Å². The molecular weight excluding hydrogens is 320 g/mol. The van der Waals surface area contributed by atoms with Crippen molar-refractivity contribution in [1.29, 1.82) is 0 Å². The zero-order valence-electron chi connectivity index (χ0n) is 11.4. The molecule has 3 rings (SSSR count). The van der Waals surface area contributed by atoms with Crippen molar-refractivity contribution in [3.63, 3.8) is 0 Å². The van der Waals surface area contributed by atoms with Gasteiger partial charge in [-0.15, -0.1) is 0 Å². The zero-order valence-corrected chi connectivity index (χ0v) is 12.9. The number of hydrogen-bond donors (Lipinski definition) is 1. The van der Waals surface area contributed by atoms with E-state index in [1.165, 1.54) is 0 Å². The highest BCUT2D eigenvalue weighted by molar-refractivity contribution is 9.10. The fourth-order valence-corrected chi connectivity index (χ4v) is 3.12. The van der Waals surface area contributed by atoms with Gasteiger partial charge < -0.3 is 10.2 Å². The summed E-state index contributed by atoms with van der Waals surface area (Å²) in [5, 5.41) is 2.80. The molecule has 1 aromatic carbocycles. The molecule has 2 aliphatic rings. The molecule has 20 heavy (non-hydrogen) atoms. The third-order valence-electron chi connectivity index (χ3n) is 4.32. The van der Waals surface area contributed by atoms with Crippen LogP contribution in [-0.4, -0.2) is 35.8 Å². The minimum Gasteiger partial charge on any atom is -0.353 e. The SMILES string of the molecule is CC1C(=O)NCCN1C(=O)C1(c2ccc(Br)cc2)CC1. The van der Waals surface area contributed by atoms with Crippen molar-refractivity contribution in [2.75, 3.05) is 13.1 Å². The second kappa shape index (κ2) is 4.88. The maximum atomic E-state index is 12.9. The van der Waals surface area contributed by atoms with E-state index in [2.05, 4.69) is 21.2 Å². The molecule has 1 unspecified atom stereocenters. The Kier molecular flexibility index (Phi) is 3.32. The van der Waals surface area contributed by atoms with Crippen LogP contribution in [0.2, 0.25) is 0 Å². The Balaban J connectivity index is 1.86. The monoisotopic (exact) mass is 336 g/mol. The van der Waals surface area contributed by atoms with Crippen LogP contribution in [0.3, 0.4) is 0 Å². The molecular formula is C15H17BrN2O2. The number of amides is 2. The number of rotatable bonds is 2. The minimum absolute atomic E-state index is 0.0591. The van der Waals surface area contributed by atoms with Crippen molar-refractivity contribution >= 4 is 27.7 Å².